The molecule has 25 heavy (non-hydrogen) atoms. The molecule has 0 bridgehead atoms. The van der Waals surface area contributed by atoms with Crippen LogP contribution >= 0.6 is 46.6 Å². The number of nitrogens with zero attached hydrogens (tertiary/aromatic N) is 2. The largest absolute Gasteiger partial charge is 0.446 e. The fraction of sp³-hybridized carbons (Fsp3) is 0.154. The molecule has 0 aliphatic rings. The summed E-state index contributed by atoms with van der Waals surface area (Å²) < 4.78 is 76.8. The summed E-state index contributed by atoms with van der Waals surface area (Å²) in [5, 5.41) is 7.55. The van der Waals surface area contributed by atoms with Crippen molar-refractivity contribution in [1.29, 1.82) is 5.26 Å². The molecule has 0 atom stereocenters. The Hall–Kier alpha value is -1.21. The van der Waals surface area contributed by atoms with Gasteiger partial charge in [0.2, 0.25) is 0 Å². The maximum atomic E-state index is 12.7. The second-order valence-corrected chi connectivity index (χ2v) is 6.75. The van der Waals surface area contributed by atoms with Gasteiger partial charge in [0.05, 0.1) is 26.2 Å². The standard InChI is InChI=1S/C13H3Cl3F6N2S/c14-7-1-5(12(17,18)19)2-8(15)10(7)24-4-9(25-13(20,21)22)6(3-23)11(24)16/h1-2,4H. The van der Waals surface area contributed by atoms with Gasteiger partial charge in [0, 0.05) is 6.20 Å². The molecule has 0 spiro atoms. The summed E-state index contributed by atoms with van der Waals surface area (Å²) in [5.74, 6) is 0. The molecule has 1 aromatic carbocycles. The van der Waals surface area contributed by atoms with Crippen LogP contribution in [0.3, 0.4) is 0 Å². The quantitative estimate of drug-likeness (QED) is 0.375. The van der Waals surface area contributed by atoms with Gasteiger partial charge in [-0.3, -0.25) is 0 Å². The van der Waals surface area contributed by atoms with E-state index in [1.807, 2.05) is 0 Å². The van der Waals surface area contributed by atoms with Crippen LogP contribution in [-0.4, -0.2) is 10.1 Å². The van der Waals surface area contributed by atoms with Gasteiger partial charge in [-0.25, -0.2) is 0 Å². The molecule has 0 N–H and O–H groups in total. The number of nitriles is 1. The SMILES string of the molecule is N#Cc1c(SC(F)(F)F)cn(-c2c(Cl)cc(C(F)(F)F)cc2Cl)c1Cl. The van der Waals surface area contributed by atoms with Gasteiger partial charge < -0.3 is 4.57 Å². The van der Waals surface area contributed by atoms with Crippen LogP contribution in [0, 0.1) is 11.3 Å². The van der Waals surface area contributed by atoms with Crippen molar-refractivity contribution in [2.45, 2.75) is 16.6 Å². The summed E-state index contributed by atoms with van der Waals surface area (Å²) >= 11 is 16.9. The summed E-state index contributed by atoms with van der Waals surface area (Å²) in [5.41, 5.74) is -6.61. The molecule has 0 aliphatic heterocycles. The molecule has 0 fully saturated rings. The minimum atomic E-state index is -4.72. The zero-order valence-corrected chi connectivity index (χ0v) is 14.5. The first-order valence-corrected chi connectivity index (χ1v) is 7.93. The fourth-order valence-electron chi connectivity index (χ4n) is 1.89. The molecular weight excluding hydrogens is 437 g/mol. The summed E-state index contributed by atoms with van der Waals surface area (Å²) in [6.45, 7) is 0. The highest BCUT2D eigenvalue weighted by Crippen LogP contribution is 2.44. The van der Waals surface area contributed by atoms with E-state index in [0.29, 0.717) is 12.1 Å². The van der Waals surface area contributed by atoms with Crippen LogP contribution in [-0.2, 0) is 6.18 Å². The molecule has 1 heterocycles. The van der Waals surface area contributed by atoms with Crippen molar-refractivity contribution in [1.82, 2.24) is 4.57 Å². The maximum Gasteiger partial charge on any atom is 0.446 e. The predicted molar refractivity (Wildman–Crippen MR) is 82.4 cm³/mol. The number of rotatable bonds is 2. The van der Waals surface area contributed by atoms with Gasteiger partial charge in [-0.2, -0.15) is 31.6 Å². The Morgan fingerprint density at radius 2 is 1.52 bits per heavy atom. The number of hydrogen-bond donors (Lipinski definition) is 0. The lowest BCUT2D eigenvalue weighted by Crippen LogP contribution is -2.06. The molecule has 1 aromatic heterocycles. The summed E-state index contributed by atoms with van der Waals surface area (Å²) in [4.78, 5) is -0.535. The van der Waals surface area contributed by atoms with E-state index >= 15 is 0 Å². The Morgan fingerprint density at radius 1 is 1.00 bits per heavy atom. The Kier molecular flexibility index (Phi) is 5.50. The second kappa shape index (κ2) is 6.83. The number of thioether (sulfide) groups is 1. The van der Waals surface area contributed by atoms with Crippen molar-refractivity contribution in [2.75, 3.05) is 0 Å². The Morgan fingerprint density at radius 3 is 1.92 bits per heavy atom. The minimum absolute atomic E-state index is 0.271. The van der Waals surface area contributed by atoms with Crippen molar-refractivity contribution in [2.24, 2.45) is 0 Å². The van der Waals surface area contributed by atoms with E-state index in [4.69, 9.17) is 40.1 Å². The first-order chi connectivity index (χ1) is 11.3. The first kappa shape index (κ1) is 20.1. The van der Waals surface area contributed by atoms with Crippen molar-refractivity contribution >= 4 is 46.6 Å². The van der Waals surface area contributed by atoms with E-state index in [1.54, 1.807) is 0 Å². The van der Waals surface area contributed by atoms with Crippen molar-refractivity contribution in [3.05, 3.63) is 44.7 Å². The molecule has 2 nitrogen and oxygen atoms in total. The molecule has 0 aliphatic carbocycles. The normalized spacial score (nSPS) is 12.3. The lowest BCUT2D eigenvalue weighted by Gasteiger charge is -2.13. The van der Waals surface area contributed by atoms with Crippen LogP contribution in [0.5, 0.6) is 0 Å². The van der Waals surface area contributed by atoms with E-state index < -0.39 is 54.7 Å². The second-order valence-electron chi connectivity index (χ2n) is 4.48. The molecule has 0 radical (unpaired) electrons. The first-order valence-electron chi connectivity index (χ1n) is 5.98. The smallest absolute Gasteiger partial charge is 0.302 e. The highest BCUT2D eigenvalue weighted by atomic mass is 35.5. The van der Waals surface area contributed by atoms with Crippen LogP contribution in [0.25, 0.3) is 5.69 Å². The van der Waals surface area contributed by atoms with Gasteiger partial charge in [-0.05, 0) is 23.9 Å². The van der Waals surface area contributed by atoms with Crippen LogP contribution in [0.2, 0.25) is 15.2 Å². The monoisotopic (exact) mass is 438 g/mol. The molecule has 0 saturated carbocycles. The van der Waals surface area contributed by atoms with E-state index in [2.05, 4.69) is 0 Å². The Bertz CT molecular complexity index is 843. The number of aromatic nitrogens is 1. The van der Waals surface area contributed by atoms with Gasteiger partial charge in [0.15, 0.2) is 0 Å². The fourth-order valence-corrected chi connectivity index (χ4v) is 3.54. The minimum Gasteiger partial charge on any atom is -0.302 e. The molecule has 12 heteroatoms. The molecular formula is C13H3Cl3F6N2S. The van der Waals surface area contributed by atoms with Crippen LogP contribution in [0.1, 0.15) is 11.1 Å². The van der Waals surface area contributed by atoms with Gasteiger partial charge in [0.25, 0.3) is 0 Å². The predicted octanol–water partition coefficient (Wildman–Crippen LogP) is 6.94. The molecule has 2 aromatic rings. The van der Waals surface area contributed by atoms with Crippen LogP contribution < -0.4 is 0 Å². The average molecular weight is 440 g/mol. The topological polar surface area (TPSA) is 28.7 Å². The molecule has 0 unspecified atom stereocenters. The third-order valence-corrected chi connectivity index (χ3v) is 4.54. The molecule has 0 saturated heterocycles. The van der Waals surface area contributed by atoms with E-state index in [0.717, 1.165) is 10.8 Å². The highest BCUT2D eigenvalue weighted by molar-refractivity contribution is 8.00. The summed E-state index contributed by atoms with van der Waals surface area (Å²) in [7, 11) is 0. The van der Waals surface area contributed by atoms with E-state index in [-0.39, 0.29) is 5.69 Å². The zero-order chi connectivity index (χ0) is 19.2. The Labute approximate surface area is 155 Å². The number of benzene rings is 1. The third kappa shape index (κ3) is 4.31. The third-order valence-electron chi connectivity index (χ3n) is 2.83. The maximum absolute atomic E-state index is 12.7. The Balaban J connectivity index is 2.66. The van der Waals surface area contributed by atoms with E-state index in [1.165, 1.54) is 6.07 Å². The lowest BCUT2D eigenvalue weighted by molar-refractivity contribution is -0.137. The van der Waals surface area contributed by atoms with Gasteiger partial charge >= 0.3 is 11.7 Å². The van der Waals surface area contributed by atoms with E-state index in [9.17, 15) is 26.3 Å². The zero-order valence-electron chi connectivity index (χ0n) is 11.4. The number of alkyl halides is 6. The number of halogens is 9. The van der Waals surface area contributed by atoms with Crippen molar-refractivity contribution in [3.63, 3.8) is 0 Å². The summed E-state index contributed by atoms with van der Waals surface area (Å²) in [6, 6.07) is 2.63. The lowest BCUT2D eigenvalue weighted by atomic mass is 10.2. The van der Waals surface area contributed by atoms with Crippen LogP contribution in [0.15, 0.2) is 23.2 Å². The summed E-state index contributed by atoms with van der Waals surface area (Å²) in [6.07, 6.45) is -3.89. The van der Waals surface area contributed by atoms with Crippen molar-refractivity contribution in [3.8, 4) is 11.8 Å². The highest BCUT2D eigenvalue weighted by Gasteiger charge is 2.34. The van der Waals surface area contributed by atoms with Gasteiger partial charge in [-0.1, -0.05) is 34.8 Å². The van der Waals surface area contributed by atoms with Gasteiger partial charge in [-0.15, -0.1) is 0 Å². The molecule has 2 rings (SSSR count). The van der Waals surface area contributed by atoms with Gasteiger partial charge in [0.1, 0.15) is 16.8 Å². The number of hydrogen-bond acceptors (Lipinski definition) is 2. The molecule has 0 amide bonds. The average Bonchev–Trinajstić information content (AvgIpc) is 2.71. The molecule has 134 valence electrons. The van der Waals surface area contributed by atoms with Crippen LogP contribution in [0.4, 0.5) is 26.3 Å². The van der Waals surface area contributed by atoms with Crippen molar-refractivity contribution < 1.29 is 26.3 Å².